The number of hydrogen-bond acceptors (Lipinski definition) is 3. The molecule has 0 saturated heterocycles. The third-order valence-corrected chi connectivity index (χ3v) is 12.2. The van der Waals surface area contributed by atoms with Gasteiger partial charge in [-0.1, -0.05) is 164 Å². The maximum Gasteiger partial charge on any atom is 0.143 e. The number of para-hydroxylation sites is 4. The summed E-state index contributed by atoms with van der Waals surface area (Å²) in [6, 6.07) is 60.4. The van der Waals surface area contributed by atoms with Gasteiger partial charge in [0.25, 0.3) is 0 Å². The molecule has 2 aliphatic rings. The molecule has 2 heterocycles. The van der Waals surface area contributed by atoms with Crippen molar-refractivity contribution in [2.24, 2.45) is 11.8 Å². The summed E-state index contributed by atoms with van der Waals surface area (Å²) in [5.41, 5.74) is 13.7. The van der Waals surface area contributed by atoms with Crippen molar-refractivity contribution in [2.45, 2.75) is 0 Å². The average Bonchev–Trinajstić information content (AvgIpc) is 3.89. The maximum atomic E-state index is 6.91. The fourth-order valence-corrected chi connectivity index (χ4v) is 9.32. The van der Waals surface area contributed by atoms with Crippen LogP contribution in [0.3, 0.4) is 0 Å². The summed E-state index contributed by atoms with van der Waals surface area (Å²) in [5, 5.41) is 6.86. The van der Waals surface area contributed by atoms with Crippen molar-refractivity contribution in [3.8, 4) is 22.3 Å². The highest BCUT2D eigenvalue weighted by molar-refractivity contribution is 6.20. The normalized spacial score (nSPS) is 16.0. The van der Waals surface area contributed by atoms with E-state index in [-0.39, 0.29) is 0 Å². The fraction of sp³-hybridized carbons (Fsp3) is 0.0357. The van der Waals surface area contributed by atoms with E-state index in [1.165, 1.54) is 16.5 Å². The Hall–Kier alpha value is -7.62. The monoisotopic (exact) mass is 755 g/mol. The first-order chi connectivity index (χ1) is 29.2. The van der Waals surface area contributed by atoms with Crippen LogP contribution in [0.5, 0.6) is 0 Å². The lowest BCUT2D eigenvalue weighted by Gasteiger charge is -2.26. The van der Waals surface area contributed by atoms with E-state index in [4.69, 9.17) is 8.83 Å². The van der Waals surface area contributed by atoms with Gasteiger partial charge in [-0.2, -0.15) is 0 Å². The summed E-state index contributed by atoms with van der Waals surface area (Å²) in [5.74, 6) is 0.782. The van der Waals surface area contributed by atoms with E-state index in [0.29, 0.717) is 11.8 Å². The fourth-order valence-electron chi connectivity index (χ4n) is 9.32. The molecule has 2 aliphatic carbocycles. The van der Waals surface area contributed by atoms with Crippen molar-refractivity contribution in [3.63, 3.8) is 0 Å². The molecule has 8 aromatic carbocycles. The van der Waals surface area contributed by atoms with Crippen LogP contribution in [0.2, 0.25) is 0 Å². The van der Waals surface area contributed by atoms with Gasteiger partial charge < -0.3 is 13.7 Å². The average molecular weight is 756 g/mol. The van der Waals surface area contributed by atoms with E-state index >= 15 is 0 Å². The number of anilines is 3. The number of nitrogens with zero attached hydrogens (tertiary/aromatic N) is 1. The van der Waals surface area contributed by atoms with Crippen molar-refractivity contribution in [2.75, 3.05) is 4.90 Å². The molecule has 0 spiro atoms. The van der Waals surface area contributed by atoms with Crippen LogP contribution in [0.25, 0.3) is 82.5 Å². The number of fused-ring (bicyclic) bond motifs is 9. The summed E-state index contributed by atoms with van der Waals surface area (Å²) in [7, 11) is 0. The Bertz CT molecular complexity index is 3380. The second-order valence-electron chi connectivity index (χ2n) is 15.6. The molecule has 0 fully saturated rings. The van der Waals surface area contributed by atoms with Crippen LogP contribution < -0.4 is 4.90 Å². The molecule has 3 nitrogen and oxygen atoms in total. The molecule has 2 atom stereocenters. The molecule has 0 bridgehead atoms. The Balaban J connectivity index is 0.926. The summed E-state index contributed by atoms with van der Waals surface area (Å²) < 4.78 is 13.3. The Morgan fingerprint density at radius 3 is 1.63 bits per heavy atom. The minimum Gasteiger partial charge on any atom is -0.455 e. The lowest BCUT2D eigenvalue weighted by Crippen LogP contribution is -2.11. The van der Waals surface area contributed by atoms with E-state index in [2.05, 4.69) is 205 Å². The first kappa shape index (κ1) is 33.5. The minimum absolute atomic E-state index is 0.367. The SMILES string of the molecule is C1=CC2C=CC(c3cc4c5cccc(-c6ccc(N(c7ccccc7)c7ccc(-c8cccc9c8oc8ccccc89)cc7)cc6)c5oc4c4ccccc34)=CC2C=C1. The van der Waals surface area contributed by atoms with Gasteiger partial charge in [0.15, 0.2) is 0 Å². The Morgan fingerprint density at radius 2 is 0.915 bits per heavy atom. The van der Waals surface area contributed by atoms with Gasteiger partial charge in [-0.05, 0) is 76.2 Å². The lowest BCUT2D eigenvalue weighted by molar-refractivity contribution is 0.663. The summed E-state index contributed by atoms with van der Waals surface area (Å²) >= 11 is 0. The third-order valence-electron chi connectivity index (χ3n) is 12.2. The van der Waals surface area contributed by atoms with Crippen LogP contribution in [-0.4, -0.2) is 0 Å². The van der Waals surface area contributed by atoms with Crippen LogP contribution >= 0.6 is 0 Å². The van der Waals surface area contributed by atoms with Crippen LogP contribution in [0.15, 0.2) is 221 Å². The highest BCUT2D eigenvalue weighted by Gasteiger charge is 2.23. The topological polar surface area (TPSA) is 29.5 Å². The molecule has 0 radical (unpaired) electrons. The zero-order valence-corrected chi connectivity index (χ0v) is 32.1. The molecule has 2 unspecified atom stereocenters. The lowest BCUT2D eigenvalue weighted by atomic mass is 9.81. The summed E-state index contributed by atoms with van der Waals surface area (Å²) in [6.45, 7) is 0. The Kier molecular flexibility index (Phi) is 7.67. The molecule has 0 aliphatic heterocycles. The Labute approximate surface area is 341 Å². The molecule has 0 saturated carbocycles. The summed E-state index contributed by atoms with van der Waals surface area (Å²) in [4.78, 5) is 2.31. The number of allylic oxidation sites excluding steroid dienone is 8. The van der Waals surface area contributed by atoms with E-state index in [0.717, 1.165) is 88.6 Å². The van der Waals surface area contributed by atoms with Gasteiger partial charge in [0, 0.05) is 67.0 Å². The van der Waals surface area contributed by atoms with E-state index in [9.17, 15) is 0 Å². The van der Waals surface area contributed by atoms with Gasteiger partial charge in [-0.15, -0.1) is 0 Å². The zero-order valence-electron chi connectivity index (χ0n) is 32.1. The number of hydrogen-bond donors (Lipinski definition) is 0. The quantitative estimate of drug-likeness (QED) is 0.169. The van der Waals surface area contributed by atoms with Gasteiger partial charge >= 0.3 is 0 Å². The van der Waals surface area contributed by atoms with Gasteiger partial charge in [0.2, 0.25) is 0 Å². The first-order valence-electron chi connectivity index (χ1n) is 20.3. The molecule has 0 N–H and O–H groups in total. The predicted octanol–water partition coefficient (Wildman–Crippen LogP) is 15.8. The molecule has 0 amide bonds. The minimum atomic E-state index is 0.367. The predicted molar refractivity (Wildman–Crippen MR) is 246 cm³/mol. The maximum absolute atomic E-state index is 6.91. The molecule has 2 aromatic heterocycles. The van der Waals surface area contributed by atoms with Crippen LogP contribution in [0.1, 0.15) is 5.56 Å². The molecule has 10 aromatic rings. The molecular weight excluding hydrogens is 719 g/mol. The van der Waals surface area contributed by atoms with Gasteiger partial charge in [0.1, 0.15) is 22.3 Å². The third kappa shape index (κ3) is 5.50. The van der Waals surface area contributed by atoms with Crippen LogP contribution in [-0.2, 0) is 0 Å². The highest BCUT2D eigenvalue weighted by atomic mass is 16.3. The first-order valence-corrected chi connectivity index (χ1v) is 20.3. The molecule has 3 heteroatoms. The molecule has 59 heavy (non-hydrogen) atoms. The van der Waals surface area contributed by atoms with Crippen molar-refractivity contribution in [1.29, 1.82) is 0 Å². The molecular formula is C56H37NO2. The standard InChI is InChI=1S/C56H37NO2/c1-2-14-41(15-3-1)57(42-30-26-37(27-31-42)44-19-10-21-49-47-17-8-9-23-53(47)58-54(44)49)43-32-28-38(29-33-43)45-20-11-22-50-52-35-51(40-25-24-36-12-4-5-13-39(36)34-40)46-16-6-7-18-48(46)56(52)59-55(45)50/h1-36,39H. The van der Waals surface area contributed by atoms with Crippen molar-refractivity contribution < 1.29 is 8.83 Å². The van der Waals surface area contributed by atoms with Crippen molar-refractivity contribution >= 4 is 77.3 Å². The molecule has 12 rings (SSSR count). The summed E-state index contributed by atoms with van der Waals surface area (Å²) in [6.07, 6.45) is 16.0. The van der Waals surface area contributed by atoms with Gasteiger partial charge in [-0.3, -0.25) is 0 Å². The smallest absolute Gasteiger partial charge is 0.143 e. The number of benzene rings is 8. The van der Waals surface area contributed by atoms with E-state index in [1.54, 1.807) is 0 Å². The molecule has 278 valence electrons. The highest BCUT2D eigenvalue weighted by Crippen LogP contribution is 2.44. The van der Waals surface area contributed by atoms with E-state index < -0.39 is 0 Å². The Morgan fingerprint density at radius 1 is 0.373 bits per heavy atom. The zero-order chi connectivity index (χ0) is 38.9. The van der Waals surface area contributed by atoms with Crippen molar-refractivity contribution in [3.05, 3.63) is 218 Å². The van der Waals surface area contributed by atoms with Gasteiger partial charge in [0.05, 0.1) is 0 Å². The van der Waals surface area contributed by atoms with Crippen LogP contribution in [0, 0.1) is 11.8 Å². The second kappa shape index (κ2) is 13.5. The van der Waals surface area contributed by atoms with Gasteiger partial charge in [-0.25, -0.2) is 0 Å². The van der Waals surface area contributed by atoms with Crippen molar-refractivity contribution in [1.82, 2.24) is 0 Å². The second-order valence-corrected chi connectivity index (χ2v) is 15.6. The van der Waals surface area contributed by atoms with E-state index in [1.807, 2.05) is 12.1 Å². The number of furan rings is 2. The van der Waals surface area contributed by atoms with Crippen LogP contribution in [0.4, 0.5) is 17.1 Å². The number of rotatable bonds is 6. The largest absolute Gasteiger partial charge is 0.455 e.